The number of likely N-dealkylation sites (N-methyl/N-ethyl adjacent to an activating group) is 1. The van der Waals surface area contributed by atoms with E-state index in [4.69, 9.17) is 17.4 Å². The second kappa shape index (κ2) is 7.25. The van der Waals surface area contributed by atoms with Crippen molar-refractivity contribution in [1.82, 2.24) is 10.3 Å². The molecule has 0 amide bonds. The van der Waals surface area contributed by atoms with Crippen LogP contribution in [0.1, 0.15) is 32.3 Å². The molecule has 0 spiro atoms. The first kappa shape index (κ1) is 16.4. The summed E-state index contributed by atoms with van der Waals surface area (Å²) in [6.07, 6.45) is 2.90. The lowest BCUT2D eigenvalue weighted by molar-refractivity contribution is 0.0882. The molecule has 0 saturated carbocycles. The minimum atomic E-state index is 0.0356. The van der Waals surface area contributed by atoms with Gasteiger partial charge in [-0.2, -0.15) is 0 Å². The van der Waals surface area contributed by atoms with Crippen molar-refractivity contribution in [3.8, 4) is 0 Å². The fourth-order valence-corrected chi connectivity index (χ4v) is 3.19. The van der Waals surface area contributed by atoms with Gasteiger partial charge in [0.2, 0.25) is 0 Å². The van der Waals surface area contributed by atoms with Crippen LogP contribution in [0, 0.1) is 0 Å². The Labute approximate surface area is 122 Å². The number of hydrogen-bond acceptors (Lipinski definition) is 3. The summed E-state index contributed by atoms with van der Waals surface area (Å²) in [5, 5.41) is 0.808. The molecule has 0 bridgehead atoms. The molecular formula is C15H26ClN3. The molecule has 3 nitrogen and oxygen atoms in total. The SMILES string of the molecule is CCC(CC)(C(Cc1ccccc1Cl)NN)N(C)C. The summed E-state index contributed by atoms with van der Waals surface area (Å²) < 4.78 is 0. The Morgan fingerprint density at radius 1 is 1.26 bits per heavy atom. The molecule has 0 aliphatic rings. The van der Waals surface area contributed by atoms with Crippen LogP contribution in [0.2, 0.25) is 5.02 Å². The summed E-state index contributed by atoms with van der Waals surface area (Å²) in [6.45, 7) is 4.42. The summed E-state index contributed by atoms with van der Waals surface area (Å²) in [5.74, 6) is 5.83. The Hall–Kier alpha value is -0.610. The monoisotopic (exact) mass is 283 g/mol. The number of nitrogens with zero attached hydrogens (tertiary/aromatic N) is 1. The van der Waals surface area contributed by atoms with E-state index in [0.717, 1.165) is 29.8 Å². The first-order valence-corrected chi connectivity index (χ1v) is 7.26. The molecule has 1 aromatic carbocycles. The quantitative estimate of drug-likeness (QED) is 0.597. The maximum absolute atomic E-state index is 6.26. The van der Waals surface area contributed by atoms with E-state index in [0.29, 0.717) is 0 Å². The van der Waals surface area contributed by atoms with Crippen molar-refractivity contribution in [2.24, 2.45) is 5.84 Å². The molecule has 108 valence electrons. The third-order valence-electron chi connectivity index (χ3n) is 4.35. The number of halogens is 1. The molecule has 3 N–H and O–H groups in total. The van der Waals surface area contributed by atoms with E-state index < -0.39 is 0 Å². The zero-order valence-corrected chi connectivity index (χ0v) is 13.2. The Balaban J connectivity index is 3.02. The fraction of sp³-hybridized carbons (Fsp3) is 0.600. The molecule has 0 fully saturated rings. The molecule has 0 aromatic heterocycles. The van der Waals surface area contributed by atoms with Crippen molar-refractivity contribution < 1.29 is 0 Å². The molecule has 0 heterocycles. The topological polar surface area (TPSA) is 41.3 Å². The molecule has 1 atom stereocenters. The van der Waals surface area contributed by atoms with Gasteiger partial charge in [-0.15, -0.1) is 0 Å². The van der Waals surface area contributed by atoms with E-state index in [9.17, 15) is 0 Å². The summed E-state index contributed by atoms with van der Waals surface area (Å²) >= 11 is 6.26. The maximum Gasteiger partial charge on any atom is 0.0438 e. The predicted octanol–water partition coefficient (Wildman–Crippen LogP) is 2.83. The number of rotatable bonds is 7. The number of nitrogens with two attached hydrogens (primary N) is 1. The minimum absolute atomic E-state index is 0.0356. The smallest absolute Gasteiger partial charge is 0.0438 e. The van der Waals surface area contributed by atoms with Gasteiger partial charge >= 0.3 is 0 Å². The molecule has 1 rings (SSSR count). The average Bonchev–Trinajstić information content (AvgIpc) is 2.41. The van der Waals surface area contributed by atoms with Crippen molar-refractivity contribution in [1.29, 1.82) is 0 Å². The van der Waals surface area contributed by atoms with Crippen LogP contribution in [0.3, 0.4) is 0 Å². The van der Waals surface area contributed by atoms with Crippen molar-refractivity contribution in [3.63, 3.8) is 0 Å². The van der Waals surface area contributed by atoms with Crippen LogP contribution < -0.4 is 11.3 Å². The average molecular weight is 284 g/mol. The summed E-state index contributed by atoms with van der Waals surface area (Å²) in [4.78, 5) is 2.27. The van der Waals surface area contributed by atoms with Gasteiger partial charge in [0, 0.05) is 16.6 Å². The van der Waals surface area contributed by atoms with E-state index in [-0.39, 0.29) is 11.6 Å². The van der Waals surface area contributed by atoms with Gasteiger partial charge in [-0.1, -0.05) is 43.6 Å². The van der Waals surface area contributed by atoms with Crippen molar-refractivity contribution >= 4 is 11.6 Å². The van der Waals surface area contributed by atoms with Crippen LogP contribution in [0.15, 0.2) is 24.3 Å². The van der Waals surface area contributed by atoms with Crippen molar-refractivity contribution in [3.05, 3.63) is 34.9 Å². The van der Waals surface area contributed by atoms with Crippen LogP contribution in [0.5, 0.6) is 0 Å². The zero-order chi connectivity index (χ0) is 14.5. The van der Waals surface area contributed by atoms with E-state index in [2.05, 4.69) is 44.3 Å². The number of nitrogens with one attached hydrogen (secondary N) is 1. The maximum atomic E-state index is 6.26. The highest BCUT2D eigenvalue weighted by Gasteiger charge is 2.37. The van der Waals surface area contributed by atoms with E-state index in [1.165, 1.54) is 0 Å². The molecule has 1 unspecified atom stereocenters. The minimum Gasteiger partial charge on any atom is -0.302 e. The lowest BCUT2D eigenvalue weighted by Gasteiger charge is -2.45. The molecule has 0 saturated heterocycles. The van der Waals surface area contributed by atoms with E-state index in [1.54, 1.807) is 0 Å². The second-order valence-corrected chi connectivity index (χ2v) is 5.63. The van der Waals surface area contributed by atoms with Crippen LogP contribution in [0.4, 0.5) is 0 Å². The Morgan fingerprint density at radius 2 is 1.84 bits per heavy atom. The van der Waals surface area contributed by atoms with Crippen molar-refractivity contribution in [2.75, 3.05) is 14.1 Å². The van der Waals surface area contributed by atoms with Gasteiger partial charge in [-0.3, -0.25) is 11.3 Å². The molecular weight excluding hydrogens is 258 g/mol. The van der Waals surface area contributed by atoms with Gasteiger partial charge in [-0.05, 0) is 45.0 Å². The molecule has 19 heavy (non-hydrogen) atoms. The Morgan fingerprint density at radius 3 is 2.26 bits per heavy atom. The van der Waals surface area contributed by atoms with Crippen molar-refractivity contribution in [2.45, 2.75) is 44.7 Å². The predicted molar refractivity (Wildman–Crippen MR) is 83.3 cm³/mol. The van der Waals surface area contributed by atoms with E-state index >= 15 is 0 Å². The third-order valence-corrected chi connectivity index (χ3v) is 4.72. The fourth-order valence-electron chi connectivity index (χ4n) is 2.97. The van der Waals surface area contributed by atoms with Gasteiger partial charge < -0.3 is 4.90 Å². The molecule has 0 aliphatic heterocycles. The highest BCUT2D eigenvalue weighted by atomic mass is 35.5. The van der Waals surface area contributed by atoms with Gasteiger partial charge in [0.15, 0.2) is 0 Å². The van der Waals surface area contributed by atoms with Gasteiger partial charge in [0.1, 0.15) is 0 Å². The Kier molecular flexibility index (Phi) is 6.27. The van der Waals surface area contributed by atoms with E-state index in [1.807, 2.05) is 18.2 Å². The molecule has 0 radical (unpaired) electrons. The molecule has 1 aromatic rings. The van der Waals surface area contributed by atoms with Gasteiger partial charge in [0.25, 0.3) is 0 Å². The first-order valence-electron chi connectivity index (χ1n) is 6.88. The lowest BCUT2D eigenvalue weighted by Crippen LogP contribution is -2.61. The number of benzene rings is 1. The lowest BCUT2D eigenvalue weighted by atomic mass is 9.80. The molecule has 0 aliphatic carbocycles. The van der Waals surface area contributed by atoms with Gasteiger partial charge in [-0.25, -0.2) is 0 Å². The van der Waals surface area contributed by atoms with Crippen LogP contribution in [-0.2, 0) is 6.42 Å². The zero-order valence-electron chi connectivity index (χ0n) is 12.4. The summed E-state index contributed by atoms with van der Waals surface area (Å²) in [6, 6.07) is 8.13. The highest BCUT2D eigenvalue weighted by Crippen LogP contribution is 2.29. The third kappa shape index (κ3) is 3.48. The van der Waals surface area contributed by atoms with Gasteiger partial charge in [0.05, 0.1) is 0 Å². The standard InChI is InChI=1S/C15H26ClN3/c1-5-15(6-2,19(3)4)14(18-17)11-12-9-7-8-10-13(12)16/h7-10,14,18H,5-6,11,17H2,1-4H3. The molecule has 4 heteroatoms. The Bertz CT molecular complexity index is 389. The summed E-state index contributed by atoms with van der Waals surface area (Å²) in [5.41, 5.74) is 4.18. The normalized spacial score (nSPS) is 13.8. The number of hydrazine groups is 1. The summed E-state index contributed by atoms with van der Waals surface area (Å²) in [7, 11) is 4.23. The largest absolute Gasteiger partial charge is 0.302 e. The van der Waals surface area contributed by atoms with Crippen LogP contribution in [0.25, 0.3) is 0 Å². The second-order valence-electron chi connectivity index (χ2n) is 5.22. The van der Waals surface area contributed by atoms with Crippen LogP contribution >= 0.6 is 11.6 Å². The first-order chi connectivity index (χ1) is 9.01. The van der Waals surface area contributed by atoms with Crippen LogP contribution in [-0.4, -0.2) is 30.6 Å². The number of hydrogen-bond donors (Lipinski definition) is 2. The highest BCUT2D eigenvalue weighted by molar-refractivity contribution is 6.31.